The molecule has 5 heteroatoms. The van der Waals surface area contributed by atoms with Crippen molar-refractivity contribution in [3.8, 4) is 0 Å². The summed E-state index contributed by atoms with van der Waals surface area (Å²) >= 11 is 5.06. The van der Waals surface area contributed by atoms with Crippen molar-refractivity contribution in [2.75, 3.05) is 5.32 Å². The normalized spacial score (nSPS) is 10.4. The molecule has 0 unspecified atom stereocenters. The first-order valence-electron chi connectivity index (χ1n) is 4.94. The first kappa shape index (κ1) is 11.5. The molecule has 0 amide bonds. The number of hydrogen-bond donors (Lipinski definition) is 1. The van der Waals surface area contributed by atoms with Gasteiger partial charge in [-0.3, -0.25) is 0 Å². The molecule has 0 bridgehead atoms. The molecule has 0 spiro atoms. The van der Waals surface area contributed by atoms with Crippen molar-refractivity contribution < 1.29 is 0 Å². The molecule has 3 nitrogen and oxygen atoms in total. The number of nitrogens with zero attached hydrogens (tertiary/aromatic N) is 2. The number of aromatic nitrogens is 2. The van der Waals surface area contributed by atoms with E-state index in [0.29, 0.717) is 0 Å². The minimum Gasteiger partial charge on any atom is -0.356 e. The van der Waals surface area contributed by atoms with Crippen molar-refractivity contribution in [3.05, 3.63) is 38.8 Å². The third kappa shape index (κ3) is 2.80. The van der Waals surface area contributed by atoms with Gasteiger partial charge in [-0.1, -0.05) is 39.4 Å². The second kappa shape index (κ2) is 4.93. The molecule has 0 radical (unpaired) electrons. The maximum absolute atomic E-state index is 4.02. The van der Waals surface area contributed by atoms with Crippen LogP contribution in [0.2, 0.25) is 0 Å². The molecule has 0 saturated carbocycles. The molecule has 1 aromatic carbocycles. The van der Waals surface area contributed by atoms with Gasteiger partial charge in [-0.2, -0.15) is 0 Å². The van der Waals surface area contributed by atoms with Gasteiger partial charge in [0.25, 0.3) is 0 Å². The minimum absolute atomic E-state index is 0.781. The van der Waals surface area contributed by atoms with Crippen molar-refractivity contribution in [1.82, 2.24) is 10.2 Å². The van der Waals surface area contributed by atoms with Gasteiger partial charge >= 0.3 is 0 Å². The highest BCUT2D eigenvalue weighted by atomic mass is 79.9. The summed E-state index contributed by atoms with van der Waals surface area (Å²) in [5.74, 6) is 0. The molecule has 0 aliphatic rings. The van der Waals surface area contributed by atoms with Crippen molar-refractivity contribution >= 4 is 32.4 Å². The highest BCUT2D eigenvalue weighted by Gasteiger charge is 2.01. The van der Waals surface area contributed by atoms with Crippen molar-refractivity contribution in [2.45, 2.75) is 20.4 Å². The van der Waals surface area contributed by atoms with Crippen LogP contribution in [-0.4, -0.2) is 10.2 Å². The average Bonchev–Trinajstić information content (AvgIpc) is 2.66. The predicted octanol–water partition coefficient (Wildman–Crippen LogP) is 3.53. The van der Waals surface area contributed by atoms with Gasteiger partial charge in [-0.25, -0.2) is 0 Å². The smallest absolute Gasteiger partial charge is 0.205 e. The van der Waals surface area contributed by atoms with Gasteiger partial charge in [0, 0.05) is 11.0 Å². The molecule has 2 aromatic rings. The third-order valence-electron chi connectivity index (χ3n) is 2.19. The van der Waals surface area contributed by atoms with Crippen molar-refractivity contribution in [1.29, 1.82) is 0 Å². The lowest BCUT2D eigenvalue weighted by atomic mass is 10.1. The molecule has 1 heterocycles. The number of aryl methyl sites for hydroxylation is 2. The van der Waals surface area contributed by atoms with E-state index in [2.05, 4.69) is 56.6 Å². The topological polar surface area (TPSA) is 37.8 Å². The van der Waals surface area contributed by atoms with Crippen molar-refractivity contribution in [2.24, 2.45) is 0 Å². The Kier molecular flexibility index (Phi) is 3.56. The van der Waals surface area contributed by atoms with Crippen LogP contribution in [0.5, 0.6) is 0 Å². The van der Waals surface area contributed by atoms with E-state index in [9.17, 15) is 0 Å². The van der Waals surface area contributed by atoms with Crippen LogP contribution in [0.4, 0.5) is 5.13 Å². The highest BCUT2D eigenvalue weighted by molar-refractivity contribution is 9.10. The molecule has 84 valence electrons. The Morgan fingerprint density at radius 3 is 2.75 bits per heavy atom. The zero-order valence-corrected chi connectivity index (χ0v) is 11.5. The lowest BCUT2D eigenvalue weighted by molar-refractivity contribution is 1.02. The standard InChI is InChI=1S/C11H12BrN3S/c1-7-5-9(3-4-10(7)12)6-13-11-15-14-8(2)16-11/h3-5H,6H2,1-2H3,(H,13,15). The summed E-state index contributed by atoms with van der Waals surface area (Å²) in [4.78, 5) is 0. The van der Waals surface area contributed by atoms with E-state index >= 15 is 0 Å². The zero-order valence-electron chi connectivity index (χ0n) is 9.12. The number of halogens is 1. The Balaban J connectivity index is 2.02. The fraction of sp³-hybridized carbons (Fsp3) is 0.273. The van der Waals surface area contributed by atoms with E-state index < -0.39 is 0 Å². The van der Waals surface area contributed by atoms with Gasteiger partial charge in [0.2, 0.25) is 5.13 Å². The van der Waals surface area contributed by atoms with Crippen molar-refractivity contribution in [3.63, 3.8) is 0 Å². The Labute approximate surface area is 107 Å². The quantitative estimate of drug-likeness (QED) is 0.942. The van der Waals surface area contributed by atoms with Crippen LogP contribution in [0.15, 0.2) is 22.7 Å². The summed E-state index contributed by atoms with van der Waals surface area (Å²) in [7, 11) is 0. The molecular formula is C11H12BrN3S. The molecule has 0 aliphatic carbocycles. The van der Waals surface area contributed by atoms with Crippen LogP contribution in [0.1, 0.15) is 16.1 Å². The monoisotopic (exact) mass is 297 g/mol. The molecular weight excluding hydrogens is 286 g/mol. The molecule has 2 rings (SSSR count). The molecule has 16 heavy (non-hydrogen) atoms. The summed E-state index contributed by atoms with van der Waals surface area (Å²) < 4.78 is 1.14. The molecule has 0 saturated heterocycles. The highest BCUT2D eigenvalue weighted by Crippen LogP contribution is 2.19. The largest absolute Gasteiger partial charge is 0.356 e. The predicted molar refractivity (Wildman–Crippen MR) is 70.9 cm³/mol. The van der Waals surface area contributed by atoms with E-state index in [0.717, 1.165) is 21.2 Å². The molecule has 1 aromatic heterocycles. The molecule has 0 fully saturated rings. The Morgan fingerprint density at radius 1 is 1.31 bits per heavy atom. The number of anilines is 1. The summed E-state index contributed by atoms with van der Waals surface area (Å²) in [5, 5.41) is 13.1. The fourth-order valence-electron chi connectivity index (χ4n) is 1.36. The number of hydrogen-bond acceptors (Lipinski definition) is 4. The maximum atomic E-state index is 4.02. The number of rotatable bonds is 3. The third-order valence-corrected chi connectivity index (χ3v) is 3.88. The zero-order chi connectivity index (χ0) is 11.5. The van der Waals surface area contributed by atoms with Gasteiger partial charge in [-0.15, -0.1) is 10.2 Å². The number of benzene rings is 1. The summed E-state index contributed by atoms with van der Waals surface area (Å²) in [6.07, 6.45) is 0. The number of nitrogens with one attached hydrogen (secondary N) is 1. The second-order valence-electron chi connectivity index (χ2n) is 3.56. The van der Waals surface area contributed by atoms with E-state index in [1.54, 1.807) is 11.3 Å². The van der Waals surface area contributed by atoms with E-state index in [1.165, 1.54) is 11.1 Å². The average molecular weight is 298 g/mol. The molecule has 0 aliphatic heterocycles. The van der Waals surface area contributed by atoms with Crippen LogP contribution in [0, 0.1) is 13.8 Å². The Bertz CT molecular complexity index is 496. The van der Waals surface area contributed by atoms with Gasteiger partial charge < -0.3 is 5.32 Å². The van der Waals surface area contributed by atoms with E-state index in [-0.39, 0.29) is 0 Å². The van der Waals surface area contributed by atoms with Crippen LogP contribution < -0.4 is 5.32 Å². The Morgan fingerprint density at radius 2 is 2.12 bits per heavy atom. The second-order valence-corrected chi connectivity index (χ2v) is 5.60. The van der Waals surface area contributed by atoms with Gasteiger partial charge in [0.1, 0.15) is 5.01 Å². The van der Waals surface area contributed by atoms with Gasteiger partial charge in [-0.05, 0) is 31.0 Å². The van der Waals surface area contributed by atoms with Crippen LogP contribution in [0.3, 0.4) is 0 Å². The maximum Gasteiger partial charge on any atom is 0.205 e. The molecule has 0 atom stereocenters. The first-order chi connectivity index (χ1) is 7.65. The van der Waals surface area contributed by atoms with E-state index in [4.69, 9.17) is 0 Å². The van der Waals surface area contributed by atoms with Crippen LogP contribution in [0.25, 0.3) is 0 Å². The lowest BCUT2D eigenvalue weighted by Gasteiger charge is -2.04. The SMILES string of the molecule is Cc1nnc(NCc2ccc(Br)c(C)c2)s1. The summed E-state index contributed by atoms with van der Waals surface area (Å²) in [5.41, 5.74) is 2.49. The van der Waals surface area contributed by atoms with Crippen LogP contribution >= 0.6 is 27.3 Å². The van der Waals surface area contributed by atoms with Crippen LogP contribution in [-0.2, 0) is 6.54 Å². The Hall–Kier alpha value is -0.940. The summed E-state index contributed by atoms with van der Waals surface area (Å²) in [6, 6.07) is 6.32. The summed E-state index contributed by atoms with van der Waals surface area (Å²) in [6.45, 7) is 4.82. The lowest BCUT2D eigenvalue weighted by Crippen LogP contribution is -1.99. The molecule has 1 N–H and O–H groups in total. The van der Waals surface area contributed by atoms with Gasteiger partial charge in [0.05, 0.1) is 0 Å². The first-order valence-corrected chi connectivity index (χ1v) is 6.55. The van der Waals surface area contributed by atoms with Gasteiger partial charge in [0.15, 0.2) is 0 Å². The minimum atomic E-state index is 0.781. The fourth-order valence-corrected chi connectivity index (χ4v) is 2.20. The van der Waals surface area contributed by atoms with E-state index in [1.807, 2.05) is 6.92 Å².